The van der Waals surface area contributed by atoms with Gasteiger partial charge in [0.2, 0.25) is 0 Å². The molecule has 249 valence electrons. The SMILES string of the molecule is CC(OCC1(c2ccc(F)cc2)CCN(C(=O)OC(C)(C)C)CC1)c1cc(C(F)(F)F)cc2ccn(COCC[Si-](C)(C)C)c12. The summed E-state index contributed by atoms with van der Waals surface area (Å²) >= 11 is 0. The van der Waals surface area contributed by atoms with Crippen molar-refractivity contribution in [2.24, 2.45) is 0 Å². The summed E-state index contributed by atoms with van der Waals surface area (Å²) in [4.78, 5) is 14.4. The van der Waals surface area contributed by atoms with E-state index in [0.29, 0.717) is 49.0 Å². The van der Waals surface area contributed by atoms with Crippen molar-refractivity contribution in [1.82, 2.24) is 9.47 Å². The highest BCUT2D eigenvalue weighted by Gasteiger charge is 2.40. The van der Waals surface area contributed by atoms with Gasteiger partial charge in [0, 0.05) is 42.3 Å². The van der Waals surface area contributed by atoms with Gasteiger partial charge in [0.1, 0.15) is 18.1 Å². The van der Waals surface area contributed by atoms with Gasteiger partial charge in [0.15, 0.2) is 0 Å². The van der Waals surface area contributed by atoms with Crippen LogP contribution in [-0.2, 0) is 32.5 Å². The highest BCUT2D eigenvalue weighted by molar-refractivity contribution is 6.76. The molecule has 1 aromatic heterocycles. The van der Waals surface area contributed by atoms with Crippen LogP contribution in [0.25, 0.3) is 10.9 Å². The second kappa shape index (κ2) is 13.5. The fraction of sp³-hybridized carbons (Fsp3) is 0.559. The first-order chi connectivity index (χ1) is 20.9. The molecule has 2 heterocycles. The second-order valence-electron chi connectivity index (χ2n) is 14.3. The number of piperidine rings is 1. The lowest BCUT2D eigenvalue weighted by atomic mass is 9.73. The van der Waals surface area contributed by atoms with E-state index in [1.807, 2.05) is 25.3 Å². The molecule has 0 aliphatic carbocycles. The van der Waals surface area contributed by atoms with Crippen molar-refractivity contribution in [2.75, 3.05) is 26.3 Å². The number of halogens is 4. The van der Waals surface area contributed by atoms with Crippen LogP contribution in [0.15, 0.2) is 48.7 Å². The molecular weight excluding hydrogens is 604 g/mol. The largest absolute Gasteiger partial charge is 0.444 e. The van der Waals surface area contributed by atoms with Crippen molar-refractivity contribution >= 4 is 25.1 Å². The van der Waals surface area contributed by atoms with E-state index in [2.05, 4.69) is 19.6 Å². The molecule has 6 nitrogen and oxygen atoms in total. The van der Waals surface area contributed by atoms with Crippen molar-refractivity contribution in [1.29, 1.82) is 0 Å². The molecule has 1 amide bonds. The molecule has 1 aliphatic heterocycles. The maximum atomic E-state index is 14.0. The third-order valence-corrected chi connectivity index (χ3v) is 10.0. The monoisotopic (exact) mass is 650 g/mol. The summed E-state index contributed by atoms with van der Waals surface area (Å²) < 4.78 is 75.6. The molecule has 2 aromatic carbocycles. The molecule has 1 unspecified atom stereocenters. The zero-order chi connectivity index (χ0) is 33.2. The Balaban J connectivity index is 1.60. The van der Waals surface area contributed by atoms with Crippen LogP contribution in [0.1, 0.15) is 63.3 Å². The van der Waals surface area contributed by atoms with Crippen molar-refractivity contribution in [3.05, 3.63) is 71.2 Å². The second-order valence-corrected chi connectivity index (χ2v) is 20.0. The summed E-state index contributed by atoms with van der Waals surface area (Å²) in [5.41, 5.74) is -0.0411. The Morgan fingerprint density at radius 3 is 2.24 bits per heavy atom. The molecule has 45 heavy (non-hydrogen) atoms. The number of hydrogen-bond acceptors (Lipinski definition) is 4. The van der Waals surface area contributed by atoms with E-state index in [1.165, 1.54) is 18.2 Å². The van der Waals surface area contributed by atoms with Crippen LogP contribution in [0.4, 0.5) is 22.4 Å². The number of nitrogens with zero attached hydrogens (tertiary/aromatic N) is 2. The summed E-state index contributed by atoms with van der Waals surface area (Å²) in [5, 5.41) is 0.461. The predicted octanol–water partition coefficient (Wildman–Crippen LogP) is 9.16. The minimum Gasteiger partial charge on any atom is -0.444 e. The van der Waals surface area contributed by atoms with E-state index in [4.69, 9.17) is 14.2 Å². The predicted molar refractivity (Wildman–Crippen MR) is 171 cm³/mol. The van der Waals surface area contributed by atoms with E-state index in [-0.39, 0.29) is 19.2 Å². The van der Waals surface area contributed by atoms with E-state index >= 15 is 0 Å². The molecule has 4 rings (SSSR count). The molecule has 1 atom stereocenters. The van der Waals surface area contributed by atoms with Crippen LogP contribution >= 0.6 is 0 Å². The summed E-state index contributed by atoms with van der Waals surface area (Å²) in [5.74, 6) is -0.367. The van der Waals surface area contributed by atoms with E-state index < -0.39 is 43.0 Å². The number of carbonyl (C=O) groups is 1. The first-order valence-corrected chi connectivity index (χ1v) is 19.2. The smallest absolute Gasteiger partial charge is 0.416 e. The quantitative estimate of drug-likeness (QED) is 0.125. The maximum Gasteiger partial charge on any atom is 0.416 e. The number of benzene rings is 2. The van der Waals surface area contributed by atoms with Crippen molar-refractivity contribution in [3.8, 4) is 0 Å². The van der Waals surface area contributed by atoms with Gasteiger partial charge in [-0.1, -0.05) is 12.1 Å². The number of carbonyl (C=O) groups excluding carboxylic acids is 1. The average molecular weight is 651 g/mol. The van der Waals surface area contributed by atoms with Crippen LogP contribution < -0.4 is 0 Å². The number of likely N-dealkylation sites (tertiary alicyclic amines) is 1. The van der Waals surface area contributed by atoms with Gasteiger partial charge < -0.3 is 23.7 Å². The highest BCUT2D eigenvalue weighted by atomic mass is 28.3. The van der Waals surface area contributed by atoms with Crippen molar-refractivity contribution in [3.63, 3.8) is 0 Å². The molecule has 0 radical (unpaired) electrons. The Morgan fingerprint density at radius 2 is 1.67 bits per heavy atom. The minimum absolute atomic E-state index is 0.174. The van der Waals surface area contributed by atoms with Crippen LogP contribution in [0.5, 0.6) is 0 Å². The lowest BCUT2D eigenvalue weighted by Crippen LogP contribution is -2.48. The van der Waals surface area contributed by atoms with Gasteiger partial charge in [0.05, 0.1) is 23.8 Å². The molecule has 1 aliphatic rings. The molecular formula is C34H46F4N2O4Si-. The number of alkyl halides is 3. The summed E-state index contributed by atoms with van der Waals surface area (Å²) in [6, 6.07) is 11.2. The van der Waals surface area contributed by atoms with Gasteiger partial charge in [-0.05, 0) is 76.4 Å². The Hall–Kier alpha value is -2.89. The van der Waals surface area contributed by atoms with Gasteiger partial charge in [-0.2, -0.15) is 32.8 Å². The van der Waals surface area contributed by atoms with Crippen LogP contribution in [0.3, 0.4) is 0 Å². The molecule has 3 aromatic rings. The normalized spacial score (nSPS) is 16.6. The Kier molecular flexibility index (Phi) is 10.5. The van der Waals surface area contributed by atoms with Gasteiger partial charge in [-0.15, -0.1) is 14.1 Å². The Labute approximate surface area is 264 Å². The van der Waals surface area contributed by atoms with E-state index in [9.17, 15) is 22.4 Å². The first-order valence-electron chi connectivity index (χ1n) is 15.5. The van der Waals surface area contributed by atoms with E-state index in [1.54, 1.807) is 36.2 Å². The van der Waals surface area contributed by atoms with Gasteiger partial charge in [0.25, 0.3) is 0 Å². The summed E-state index contributed by atoms with van der Waals surface area (Å²) in [6.45, 7) is 15.8. The minimum atomic E-state index is -4.53. The van der Waals surface area contributed by atoms with E-state index in [0.717, 1.165) is 17.7 Å². The molecule has 1 fully saturated rings. The molecule has 0 spiro atoms. The van der Waals surface area contributed by atoms with Crippen molar-refractivity contribution < 1.29 is 36.6 Å². The standard InChI is InChI=1S/C34H46F4N2O4Si/c1-24(29-21-27(34(36,37)38)20-25-12-15-40(30(25)29)23-42-18-19-45(5,6)7)43-22-33(26-8-10-28(35)11-9-26)13-16-39(17-14-33)31(41)44-32(2,3)4/h8-12,15,20-21,24H,13-14,16-19,22-23H2,1-7H3/q-1. The maximum absolute atomic E-state index is 14.0. The fourth-order valence-electron chi connectivity index (χ4n) is 5.64. The molecule has 1 saturated heterocycles. The number of hydrogen-bond donors (Lipinski definition) is 0. The molecule has 0 saturated carbocycles. The van der Waals surface area contributed by atoms with Crippen molar-refractivity contribution in [2.45, 2.75) is 96.2 Å². The number of amides is 1. The summed E-state index contributed by atoms with van der Waals surface area (Å²) in [6.07, 6.45) is -2.84. The summed E-state index contributed by atoms with van der Waals surface area (Å²) in [7, 11) is -1.31. The van der Waals surface area contributed by atoms with Crippen LogP contribution in [0.2, 0.25) is 25.7 Å². The highest BCUT2D eigenvalue weighted by Crippen LogP contribution is 2.40. The van der Waals surface area contributed by atoms with Crippen LogP contribution in [0, 0.1) is 5.82 Å². The van der Waals surface area contributed by atoms with Crippen LogP contribution in [-0.4, -0.2) is 55.5 Å². The average Bonchev–Trinajstić information content (AvgIpc) is 3.35. The Bertz CT molecular complexity index is 1450. The number of rotatable bonds is 10. The fourth-order valence-corrected chi connectivity index (χ4v) is 6.40. The molecule has 0 N–H and O–H groups in total. The topological polar surface area (TPSA) is 52.9 Å². The number of aromatic nitrogens is 1. The molecule has 0 bridgehead atoms. The zero-order valence-electron chi connectivity index (χ0n) is 27.4. The van der Waals surface area contributed by atoms with Gasteiger partial charge >= 0.3 is 12.3 Å². The lowest BCUT2D eigenvalue weighted by Gasteiger charge is -2.42. The third-order valence-electron chi connectivity index (χ3n) is 8.32. The Morgan fingerprint density at radius 1 is 1.02 bits per heavy atom. The number of fused-ring (bicyclic) bond motifs is 1. The molecule has 11 heteroatoms. The number of ether oxygens (including phenoxy) is 3. The lowest BCUT2D eigenvalue weighted by molar-refractivity contribution is -0.137. The third kappa shape index (κ3) is 9.10. The zero-order valence-corrected chi connectivity index (χ0v) is 28.4. The first kappa shape index (κ1) is 35.0. The van der Waals surface area contributed by atoms with Gasteiger partial charge in [-0.25, -0.2) is 9.18 Å². The van der Waals surface area contributed by atoms with Gasteiger partial charge in [-0.3, -0.25) is 0 Å².